The van der Waals surface area contributed by atoms with Crippen LogP contribution in [0.2, 0.25) is 0 Å². The summed E-state index contributed by atoms with van der Waals surface area (Å²) in [6.45, 7) is 2.25. The summed E-state index contributed by atoms with van der Waals surface area (Å²) in [6.07, 6.45) is 40.1. The van der Waals surface area contributed by atoms with Crippen LogP contribution in [-0.2, 0) is 4.79 Å². The van der Waals surface area contributed by atoms with Gasteiger partial charge in [-0.05, 0) is 57.8 Å². The molecule has 0 saturated carbocycles. The van der Waals surface area contributed by atoms with Crippen molar-refractivity contribution < 1.29 is 9.90 Å². The van der Waals surface area contributed by atoms with E-state index >= 15 is 0 Å². The fraction of sp³-hybridized carbons (Fsp3) is 0.607. The zero-order valence-electron chi connectivity index (χ0n) is 19.4. The average molecular weight is 415 g/mol. The van der Waals surface area contributed by atoms with Crippen LogP contribution in [0.5, 0.6) is 0 Å². The summed E-state index contributed by atoms with van der Waals surface area (Å²) < 4.78 is 0. The second-order valence-corrected chi connectivity index (χ2v) is 7.85. The number of rotatable bonds is 21. The lowest BCUT2D eigenvalue weighted by Gasteiger charge is -1.99. The van der Waals surface area contributed by atoms with E-state index in [2.05, 4.69) is 67.7 Å². The van der Waals surface area contributed by atoms with E-state index in [-0.39, 0.29) is 0 Å². The molecule has 0 radical (unpaired) electrons. The number of hydrogen-bond donors (Lipinski definition) is 1. The Morgan fingerprint density at radius 1 is 0.533 bits per heavy atom. The Morgan fingerprint density at radius 3 is 1.33 bits per heavy atom. The molecule has 0 fully saturated rings. The molecule has 0 aliphatic carbocycles. The lowest BCUT2D eigenvalue weighted by Crippen LogP contribution is -1.93. The smallest absolute Gasteiger partial charge is 0.303 e. The highest BCUT2D eigenvalue weighted by Gasteiger charge is 1.96. The van der Waals surface area contributed by atoms with Gasteiger partial charge >= 0.3 is 5.97 Å². The summed E-state index contributed by atoms with van der Waals surface area (Å²) in [5.74, 6) is -0.672. The Balaban J connectivity index is 3.39. The maximum atomic E-state index is 10.4. The minimum absolute atomic E-state index is 0.320. The first-order valence-corrected chi connectivity index (χ1v) is 12.2. The van der Waals surface area contributed by atoms with E-state index in [9.17, 15) is 4.79 Å². The standard InChI is InChI=1S/C28H46O2/c1-2-3-4-5-6-7-8-9-10-11-12-13-14-15-16-17-18-19-20-21-22-23-24-25-26-27-28(29)30/h6-7,9-10,12-13,15-16,18-19H,2-5,8,11,14,17,20-27H2,1H3,(H,29,30)/b7-6-,10-9-,13-12-,16-15-,19-18-. The predicted molar refractivity (Wildman–Crippen MR) is 133 cm³/mol. The molecule has 0 rings (SSSR count). The van der Waals surface area contributed by atoms with Gasteiger partial charge < -0.3 is 5.11 Å². The highest BCUT2D eigenvalue weighted by Crippen LogP contribution is 2.09. The molecule has 0 aliphatic heterocycles. The summed E-state index contributed by atoms with van der Waals surface area (Å²) in [7, 11) is 0. The number of aliphatic carboxylic acids is 1. The maximum absolute atomic E-state index is 10.4. The van der Waals surface area contributed by atoms with Crippen molar-refractivity contribution in [2.75, 3.05) is 0 Å². The van der Waals surface area contributed by atoms with Gasteiger partial charge in [-0.25, -0.2) is 0 Å². The lowest BCUT2D eigenvalue weighted by atomic mass is 10.1. The molecule has 0 atom stereocenters. The van der Waals surface area contributed by atoms with Gasteiger partial charge in [0.05, 0.1) is 0 Å². The fourth-order valence-electron chi connectivity index (χ4n) is 3.08. The Morgan fingerprint density at radius 2 is 0.900 bits per heavy atom. The monoisotopic (exact) mass is 414 g/mol. The highest BCUT2D eigenvalue weighted by atomic mass is 16.4. The van der Waals surface area contributed by atoms with Crippen molar-refractivity contribution in [1.82, 2.24) is 0 Å². The van der Waals surface area contributed by atoms with E-state index in [1.54, 1.807) is 0 Å². The summed E-state index contributed by atoms with van der Waals surface area (Å²) in [6, 6.07) is 0. The van der Waals surface area contributed by atoms with Crippen LogP contribution in [0.3, 0.4) is 0 Å². The van der Waals surface area contributed by atoms with Crippen molar-refractivity contribution in [3.05, 3.63) is 60.8 Å². The van der Waals surface area contributed by atoms with Gasteiger partial charge in [-0.15, -0.1) is 0 Å². The van der Waals surface area contributed by atoms with E-state index in [0.29, 0.717) is 6.42 Å². The maximum Gasteiger partial charge on any atom is 0.303 e. The molecule has 30 heavy (non-hydrogen) atoms. The highest BCUT2D eigenvalue weighted by molar-refractivity contribution is 5.66. The SMILES string of the molecule is CCCCC/C=C\C/C=C\C/C=C\C/C=C\C/C=C\CCCCCCCCC(=O)O. The third kappa shape index (κ3) is 26.2. The summed E-state index contributed by atoms with van der Waals surface area (Å²) in [5.41, 5.74) is 0. The molecule has 0 spiro atoms. The number of carboxylic acid groups (broad SMARTS) is 1. The lowest BCUT2D eigenvalue weighted by molar-refractivity contribution is -0.137. The minimum atomic E-state index is -0.672. The number of carbonyl (C=O) groups is 1. The van der Waals surface area contributed by atoms with Gasteiger partial charge in [0.25, 0.3) is 0 Å². The molecule has 0 heterocycles. The van der Waals surface area contributed by atoms with Gasteiger partial charge in [0, 0.05) is 6.42 Å². The largest absolute Gasteiger partial charge is 0.481 e. The number of hydrogen-bond acceptors (Lipinski definition) is 1. The fourth-order valence-corrected chi connectivity index (χ4v) is 3.08. The molecular weight excluding hydrogens is 368 g/mol. The molecule has 0 saturated heterocycles. The minimum Gasteiger partial charge on any atom is -0.481 e. The molecule has 0 bridgehead atoms. The first-order chi connectivity index (χ1) is 14.8. The molecule has 2 nitrogen and oxygen atoms in total. The molecule has 0 aromatic rings. The Hall–Kier alpha value is -1.83. The van der Waals surface area contributed by atoms with Crippen LogP contribution < -0.4 is 0 Å². The topological polar surface area (TPSA) is 37.3 Å². The number of carboxylic acids is 1. The van der Waals surface area contributed by atoms with Crippen molar-refractivity contribution in [3.8, 4) is 0 Å². The van der Waals surface area contributed by atoms with Crippen LogP contribution in [-0.4, -0.2) is 11.1 Å². The van der Waals surface area contributed by atoms with E-state index in [4.69, 9.17) is 5.11 Å². The van der Waals surface area contributed by atoms with Crippen LogP contribution >= 0.6 is 0 Å². The normalized spacial score (nSPS) is 12.6. The third-order valence-electron chi connectivity index (χ3n) is 4.91. The van der Waals surface area contributed by atoms with Crippen molar-refractivity contribution >= 4 is 5.97 Å². The van der Waals surface area contributed by atoms with Crippen molar-refractivity contribution in [3.63, 3.8) is 0 Å². The molecule has 1 N–H and O–H groups in total. The summed E-state index contributed by atoms with van der Waals surface area (Å²) in [4.78, 5) is 10.4. The van der Waals surface area contributed by atoms with Crippen LogP contribution in [0, 0.1) is 0 Å². The predicted octanol–water partition coefficient (Wildman–Crippen LogP) is 9.11. The summed E-state index contributed by atoms with van der Waals surface area (Å²) in [5, 5.41) is 8.58. The van der Waals surface area contributed by atoms with Gasteiger partial charge in [0.1, 0.15) is 0 Å². The second kappa shape index (κ2) is 25.2. The number of allylic oxidation sites excluding steroid dienone is 10. The Kier molecular flexibility index (Phi) is 23.7. The van der Waals surface area contributed by atoms with Crippen molar-refractivity contribution in [1.29, 1.82) is 0 Å². The Labute approximate surface area is 186 Å². The molecule has 170 valence electrons. The molecular formula is C28H46O2. The molecule has 0 amide bonds. The average Bonchev–Trinajstić information content (AvgIpc) is 2.73. The zero-order valence-corrected chi connectivity index (χ0v) is 19.4. The van der Waals surface area contributed by atoms with Gasteiger partial charge in [-0.1, -0.05) is 106 Å². The van der Waals surface area contributed by atoms with Crippen LogP contribution in [0.4, 0.5) is 0 Å². The van der Waals surface area contributed by atoms with Gasteiger partial charge in [0.2, 0.25) is 0 Å². The molecule has 0 aromatic carbocycles. The molecule has 2 heteroatoms. The molecule has 0 aliphatic rings. The van der Waals surface area contributed by atoms with Crippen molar-refractivity contribution in [2.45, 2.75) is 110 Å². The van der Waals surface area contributed by atoms with Crippen LogP contribution in [0.15, 0.2) is 60.8 Å². The Bertz CT molecular complexity index is 509. The first-order valence-electron chi connectivity index (χ1n) is 12.2. The van der Waals surface area contributed by atoms with Crippen molar-refractivity contribution in [2.24, 2.45) is 0 Å². The van der Waals surface area contributed by atoms with Crippen LogP contribution in [0.1, 0.15) is 110 Å². The van der Waals surface area contributed by atoms with E-state index in [0.717, 1.165) is 44.9 Å². The van der Waals surface area contributed by atoms with E-state index in [1.807, 2.05) is 0 Å². The van der Waals surface area contributed by atoms with Gasteiger partial charge in [-0.2, -0.15) is 0 Å². The second-order valence-electron chi connectivity index (χ2n) is 7.85. The molecule has 0 unspecified atom stereocenters. The van der Waals surface area contributed by atoms with Crippen LogP contribution in [0.25, 0.3) is 0 Å². The van der Waals surface area contributed by atoms with E-state index in [1.165, 1.54) is 51.4 Å². The first kappa shape index (κ1) is 28.2. The molecule has 0 aromatic heterocycles. The summed E-state index contributed by atoms with van der Waals surface area (Å²) >= 11 is 0. The number of unbranched alkanes of at least 4 members (excludes halogenated alkanes) is 9. The quantitative estimate of drug-likeness (QED) is 0.150. The van der Waals surface area contributed by atoms with Gasteiger partial charge in [0.15, 0.2) is 0 Å². The van der Waals surface area contributed by atoms with Gasteiger partial charge in [-0.3, -0.25) is 4.79 Å². The van der Waals surface area contributed by atoms with E-state index < -0.39 is 5.97 Å². The zero-order chi connectivity index (χ0) is 22.0. The third-order valence-corrected chi connectivity index (χ3v) is 4.91.